The summed E-state index contributed by atoms with van der Waals surface area (Å²) in [6, 6.07) is 20.3. The number of phenolic OH excluding ortho intramolecular Hbond substituents is 1. The number of H-pyrrole nitrogens is 1. The number of carbonyl (C=O) groups is 2. The van der Waals surface area contributed by atoms with E-state index in [0.717, 1.165) is 25.7 Å². The maximum Gasteiger partial charge on any atom is 0.341 e. The van der Waals surface area contributed by atoms with E-state index in [1.165, 1.54) is 84.9 Å². The van der Waals surface area contributed by atoms with Crippen molar-refractivity contribution in [1.82, 2.24) is 14.6 Å². The minimum atomic E-state index is -3.82. The van der Waals surface area contributed by atoms with Crippen molar-refractivity contribution in [3.8, 4) is 29.0 Å². The van der Waals surface area contributed by atoms with Crippen molar-refractivity contribution < 1.29 is 32.6 Å². The molecule has 12 nitrogen and oxygen atoms in total. The van der Waals surface area contributed by atoms with E-state index in [2.05, 4.69) is 22.3 Å². The van der Waals surface area contributed by atoms with Crippen LogP contribution in [0, 0.1) is 11.3 Å². The number of carbonyl (C=O) groups excluding carboxylic acids is 2. The molecule has 0 saturated heterocycles. The van der Waals surface area contributed by atoms with Gasteiger partial charge in [0.1, 0.15) is 23.1 Å². The highest BCUT2D eigenvalue weighted by molar-refractivity contribution is 7.91. The van der Waals surface area contributed by atoms with Gasteiger partial charge in [0.2, 0.25) is 9.84 Å². The Hall–Kier alpha value is -5.61. The molecule has 3 N–H and O–H groups in total. The summed E-state index contributed by atoms with van der Waals surface area (Å²) in [6.45, 7) is 4.05. The summed E-state index contributed by atoms with van der Waals surface area (Å²) in [6.07, 6.45) is 9.85. The molecule has 1 amide bonds. The third-order valence-electron chi connectivity index (χ3n) is 8.61. The maximum absolute atomic E-state index is 13.7. The molecule has 2 heterocycles. The fourth-order valence-electron chi connectivity index (χ4n) is 5.84. The highest BCUT2D eigenvalue weighted by Gasteiger charge is 2.24. The highest BCUT2D eigenvalue weighted by Crippen LogP contribution is 2.27. The molecule has 52 heavy (non-hydrogen) atoms. The normalized spacial score (nSPS) is 11.9. The summed E-state index contributed by atoms with van der Waals surface area (Å²) in [5.74, 6) is -0.232. The second-order valence-electron chi connectivity index (χ2n) is 12.4. The minimum Gasteiger partial charge on any atom is -0.508 e. The average Bonchev–Trinajstić information content (AvgIpc) is 3.71. The van der Waals surface area contributed by atoms with Gasteiger partial charge in [0, 0.05) is 17.4 Å². The fraction of sp³-hybridized carbons (Fsp3) is 0.333. The Morgan fingerprint density at radius 3 is 2.25 bits per heavy atom. The standard InChI is InChI=1S/C39H43N5O7S/c1-3-5-6-7-8-9-10-11-15-35(51-30-18-22-32(23-19-30)52(48,49)31-20-16-29(45)17-21-31)38(46)41-28-14-12-13-27(24-28)36-42-37-33(25-40)34(26-44(37)43-36)39(47)50-4-2/h12-14,16-24,26,35,45H,3-11,15H2,1-2H3,(H,41,46)(H,42,43). The number of esters is 1. The molecular weight excluding hydrogens is 683 g/mol. The third-order valence-corrected chi connectivity index (χ3v) is 10.4. The number of aromatic hydroxyl groups is 1. The van der Waals surface area contributed by atoms with Crippen molar-refractivity contribution in [2.24, 2.45) is 0 Å². The molecular formula is C39H43N5O7S. The van der Waals surface area contributed by atoms with Crippen LogP contribution in [0.2, 0.25) is 0 Å². The van der Waals surface area contributed by atoms with Gasteiger partial charge in [-0.1, -0.05) is 64.0 Å². The SMILES string of the molecule is CCCCCCCCCCC(Oc1ccc(S(=O)(=O)c2ccc(O)cc2)cc1)C(=O)Nc1cccc(-c2nc3c(C#N)c(C(=O)OCC)cn3[nH]2)c1. The number of nitriles is 1. The number of rotatable bonds is 18. The molecule has 0 aliphatic carbocycles. The van der Waals surface area contributed by atoms with Gasteiger partial charge in [0.15, 0.2) is 17.6 Å². The zero-order chi connectivity index (χ0) is 37.1. The predicted octanol–water partition coefficient (Wildman–Crippen LogP) is 7.83. The average molecular weight is 726 g/mol. The zero-order valence-electron chi connectivity index (χ0n) is 29.3. The highest BCUT2D eigenvalue weighted by atomic mass is 32.2. The lowest BCUT2D eigenvalue weighted by molar-refractivity contribution is -0.123. The molecule has 0 radical (unpaired) electrons. The second kappa shape index (κ2) is 17.5. The molecule has 0 spiro atoms. The number of aromatic nitrogens is 3. The first-order valence-corrected chi connectivity index (χ1v) is 19.0. The van der Waals surface area contributed by atoms with Gasteiger partial charge in [-0.25, -0.2) is 22.7 Å². The Morgan fingerprint density at radius 2 is 1.60 bits per heavy atom. The fourth-order valence-corrected chi connectivity index (χ4v) is 7.10. The number of hydrogen-bond donors (Lipinski definition) is 3. The van der Waals surface area contributed by atoms with Gasteiger partial charge >= 0.3 is 5.97 Å². The van der Waals surface area contributed by atoms with E-state index in [4.69, 9.17) is 9.47 Å². The number of nitrogens with zero attached hydrogens (tertiary/aromatic N) is 3. The molecule has 272 valence electrons. The van der Waals surface area contributed by atoms with Crippen LogP contribution in [0.25, 0.3) is 17.0 Å². The van der Waals surface area contributed by atoms with E-state index >= 15 is 0 Å². The van der Waals surface area contributed by atoms with E-state index in [0.29, 0.717) is 29.2 Å². The molecule has 2 aromatic heterocycles. The number of unbranched alkanes of at least 4 members (excludes halogenated alkanes) is 7. The van der Waals surface area contributed by atoms with Crippen LogP contribution in [-0.2, 0) is 19.4 Å². The van der Waals surface area contributed by atoms with Crippen LogP contribution in [0.15, 0.2) is 88.8 Å². The Balaban J connectivity index is 1.30. The van der Waals surface area contributed by atoms with Crippen LogP contribution >= 0.6 is 0 Å². The smallest absolute Gasteiger partial charge is 0.341 e. The topological polar surface area (TPSA) is 176 Å². The summed E-state index contributed by atoms with van der Waals surface area (Å²) in [4.78, 5) is 30.7. The number of sulfone groups is 1. The van der Waals surface area contributed by atoms with Gasteiger partial charge in [-0.3, -0.25) is 9.89 Å². The number of hydrogen-bond acceptors (Lipinski definition) is 9. The van der Waals surface area contributed by atoms with Crippen molar-refractivity contribution in [3.63, 3.8) is 0 Å². The van der Waals surface area contributed by atoms with Crippen molar-refractivity contribution in [2.75, 3.05) is 11.9 Å². The van der Waals surface area contributed by atoms with Crippen LogP contribution < -0.4 is 10.1 Å². The first-order chi connectivity index (χ1) is 25.1. The quantitative estimate of drug-likeness (QED) is 0.0600. The van der Waals surface area contributed by atoms with Gasteiger partial charge in [-0.15, -0.1) is 0 Å². The third kappa shape index (κ3) is 9.18. The number of benzene rings is 3. The van der Waals surface area contributed by atoms with Crippen molar-refractivity contribution in [2.45, 2.75) is 87.5 Å². The van der Waals surface area contributed by atoms with Crippen LogP contribution in [0.4, 0.5) is 5.69 Å². The largest absolute Gasteiger partial charge is 0.508 e. The lowest BCUT2D eigenvalue weighted by Crippen LogP contribution is -2.33. The van der Waals surface area contributed by atoms with Gasteiger partial charge in [0.05, 0.1) is 22.0 Å². The molecule has 3 aromatic carbocycles. The zero-order valence-corrected chi connectivity index (χ0v) is 30.1. The molecule has 0 aliphatic rings. The van der Waals surface area contributed by atoms with Crippen molar-refractivity contribution in [3.05, 3.63) is 90.1 Å². The molecule has 5 rings (SSSR count). The van der Waals surface area contributed by atoms with Crippen LogP contribution in [0.5, 0.6) is 11.5 Å². The first-order valence-electron chi connectivity index (χ1n) is 17.5. The Kier molecular flexibility index (Phi) is 12.7. The van der Waals surface area contributed by atoms with Crippen LogP contribution in [-0.4, -0.2) is 52.7 Å². The van der Waals surface area contributed by atoms with Gasteiger partial charge in [-0.2, -0.15) is 5.26 Å². The number of ether oxygens (including phenoxy) is 2. The number of phenols is 1. The minimum absolute atomic E-state index is 0.0327. The molecule has 5 aromatic rings. The lowest BCUT2D eigenvalue weighted by atomic mass is 10.0. The lowest BCUT2D eigenvalue weighted by Gasteiger charge is -2.19. The van der Waals surface area contributed by atoms with Crippen molar-refractivity contribution in [1.29, 1.82) is 5.26 Å². The maximum atomic E-state index is 13.7. The van der Waals surface area contributed by atoms with Gasteiger partial charge in [0.25, 0.3) is 5.91 Å². The van der Waals surface area contributed by atoms with Crippen LogP contribution in [0.3, 0.4) is 0 Å². The van der Waals surface area contributed by atoms with Gasteiger partial charge in [-0.05, 0) is 80.4 Å². The van der Waals surface area contributed by atoms with Crippen molar-refractivity contribution >= 4 is 33.0 Å². The first kappa shape index (κ1) is 37.6. The molecule has 1 unspecified atom stereocenters. The molecule has 0 fully saturated rings. The summed E-state index contributed by atoms with van der Waals surface area (Å²) < 4.78 is 39.0. The summed E-state index contributed by atoms with van der Waals surface area (Å²) in [5, 5.41) is 25.3. The Bertz CT molecular complexity index is 2130. The monoisotopic (exact) mass is 725 g/mol. The molecule has 13 heteroatoms. The van der Waals surface area contributed by atoms with E-state index in [9.17, 15) is 28.4 Å². The van der Waals surface area contributed by atoms with E-state index in [1.54, 1.807) is 31.2 Å². The van der Waals surface area contributed by atoms with Crippen LogP contribution in [0.1, 0.15) is 87.6 Å². The summed E-state index contributed by atoms with van der Waals surface area (Å²) in [5.41, 5.74) is 1.62. The number of aromatic amines is 1. The molecule has 0 aliphatic heterocycles. The predicted molar refractivity (Wildman–Crippen MR) is 196 cm³/mol. The molecule has 0 saturated carbocycles. The molecule has 1 atom stereocenters. The number of amides is 1. The second-order valence-corrected chi connectivity index (χ2v) is 14.4. The molecule has 0 bridgehead atoms. The Morgan fingerprint density at radius 1 is 0.942 bits per heavy atom. The number of nitrogens with one attached hydrogen (secondary N) is 2. The summed E-state index contributed by atoms with van der Waals surface area (Å²) >= 11 is 0. The summed E-state index contributed by atoms with van der Waals surface area (Å²) in [7, 11) is -3.82. The number of fused-ring (bicyclic) bond motifs is 1. The van der Waals surface area contributed by atoms with E-state index < -0.39 is 21.9 Å². The van der Waals surface area contributed by atoms with E-state index in [-0.39, 0.29) is 44.8 Å². The van der Waals surface area contributed by atoms with Gasteiger partial charge < -0.3 is 19.9 Å². The van der Waals surface area contributed by atoms with E-state index in [1.807, 2.05) is 6.07 Å². The Labute approximate surface area is 303 Å². The number of anilines is 1.